The SMILES string of the molecule is CC.O=C1CC=C(c2ccccc2F)CC1. The molecule has 0 atom stereocenters. The molecule has 0 bridgehead atoms. The third-order valence-corrected chi connectivity index (χ3v) is 2.47. The van der Waals surface area contributed by atoms with Crippen molar-refractivity contribution in [2.75, 3.05) is 0 Å². The van der Waals surface area contributed by atoms with Crippen LogP contribution in [0.25, 0.3) is 5.57 Å². The fraction of sp³-hybridized carbons (Fsp3) is 0.357. The monoisotopic (exact) mass is 220 g/mol. The average Bonchev–Trinajstić information content (AvgIpc) is 2.34. The maximum Gasteiger partial charge on any atom is 0.137 e. The quantitative estimate of drug-likeness (QED) is 0.699. The van der Waals surface area contributed by atoms with Gasteiger partial charge in [0.1, 0.15) is 11.6 Å². The number of halogens is 1. The molecule has 1 aliphatic rings. The van der Waals surface area contributed by atoms with Gasteiger partial charge in [-0.1, -0.05) is 38.1 Å². The van der Waals surface area contributed by atoms with Crippen LogP contribution in [0.4, 0.5) is 4.39 Å². The molecule has 86 valence electrons. The van der Waals surface area contributed by atoms with Crippen LogP contribution >= 0.6 is 0 Å². The molecular formula is C14H17FO. The minimum absolute atomic E-state index is 0.201. The minimum Gasteiger partial charge on any atom is -0.299 e. The highest BCUT2D eigenvalue weighted by Crippen LogP contribution is 2.26. The first-order valence-corrected chi connectivity index (χ1v) is 5.73. The number of allylic oxidation sites excluding steroid dienone is 2. The lowest BCUT2D eigenvalue weighted by Gasteiger charge is -2.12. The van der Waals surface area contributed by atoms with E-state index in [-0.39, 0.29) is 11.6 Å². The zero-order valence-electron chi connectivity index (χ0n) is 9.79. The van der Waals surface area contributed by atoms with Gasteiger partial charge in [0.2, 0.25) is 0 Å². The van der Waals surface area contributed by atoms with Crippen molar-refractivity contribution >= 4 is 11.4 Å². The summed E-state index contributed by atoms with van der Waals surface area (Å²) in [5.74, 6) is 0.0400. The average molecular weight is 220 g/mol. The van der Waals surface area contributed by atoms with Crippen molar-refractivity contribution in [3.63, 3.8) is 0 Å². The van der Waals surface area contributed by atoms with Crippen LogP contribution in [0.2, 0.25) is 0 Å². The highest BCUT2D eigenvalue weighted by Gasteiger charge is 2.13. The van der Waals surface area contributed by atoms with E-state index >= 15 is 0 Å². The van der Waals surface area contributed by atoms with Crippen molar-refractivity contribution in [2.45, 2.75) is 33.1 Å². The van der Waals surface area contributed by atoms with Gasteiger partial charge in [0.15, 0.2) is 0 Å². The van der Waals surface area contributed by atoms with E-state index in [1.54, 1.807) is 12.1 Å². The van der Waals surface area contributed by atoms with Crippen LogP contribution in [-0.2, 0) is 4.79 Å². The van der Waals surface area contributed by atoms with Gasteiger partial charge in [0.25, 0.3) is 0 Å². The molecule has 2 rings (SSSR count). The first-order valence-electron chi connectivity index (χ1n) is 5.73. The summed E-state index contributed by atoms with van der Waals surface area (Å²) in [6.07, 6.45) is 3.49. The highest BCUT2D eigenvalue weighted by atomic mass is 19.1. The molecule has 0 N–H and O–H groups in total. The number of Topliss-reactive ketones (excluding diaryl/α,β-unsaturated/α-hetero) is 1. The van der Waals surface area contributed by atoms with E-state index < -0.39 is 0 Å². The fourth-order valence-corrected chi connectivity index (χ4v) is 1.68. The van der Waals surface area contributed by atoms with Crippen LogP contribution in [0, 0.1) is 5.82 Å². The van der Waals surface area contributed by atoms with Crippen molar-refractivity contribution < 1.29 is 9.18 Å². The second-order valence-electron chi connectivity index (χ2n) is 3.45. The smallest absolute Gasteiger partial charge is 0.137 e. The third-order valence-electron chi connectivity index (χ3n) is 2.47. The van der Waals surface area contributed by atoms with Gasteiger partial charge in [-0.3, -0.25) is 4.79 Å². The van der Waals surface area contributed by atoms with E-state index in [0.717, 1.165) is 5.57 Å². The molecule has 0 amide bonds. The Labute approximate surface area is 96.0 Å². The highest BCUT2D eigenvalue weighted by molar-refractivity contribution is 5.86. The largest absolute Gasteiger partial charge is 0.299 e. The summed E-state index contributed by atoms with van der Waals surface area (Å²) in [5.41, 5.74) is 1.60. The van der Waals surface area contributed by atoms with Crippen LogP contribution < -0.4 is 0 Å². The number of carbonyl (C=O) groups is 1. The Balaban J connectivity index is 0.000000606. The van der Waals surface area contributed by atoms with Gasteiger partial charge in [-0.05, 0) is 18.1 Å². The van der Waals surface area contributed by atoms with Crippen molar-refractivity contribution in [3.05, 3.63) is 41.7 Å². The first-order chi connectivity index (χ1) is 7.77. The summed E-state index contributed by atoms with van der Waals surface area (Å²) >= 11 is 0. The molecule has 0 radical (unpaired) electrons. The molecule has 0 aromatic heterocycles. The molecule has 0 aliphatic heterocycles. The lowest BCUT2D eigenvalue weighted by molar-refractivity contribution is -0.118. The van der Waals surface area contributed by atoms with E-state index in [1.165, 1.54) is 6.07 Å². The molecule has 0 spiro atoms. The number of rotatable bonds is 1. The zero-order chi connectivity index (χ0) is 12.0. The van der Waals surface area contributed by atoms with Crippen LogP contribution in [0.3, 0.4) is 0 Å². The molecule has 16 heavy (non-hydrogen) atoms. The Kier molecular flexibility index (Phi) is 4.90. The molecule has 1 aliphatic carbocycles. The van der Waals surface area contributed by atoms with Crippen LogP contribution in [0.1, 0.15) is 38.7 Å². The lowest BCUT2D eigenvalue weighted by atomic mass is 9.93. The van der Waals surface area contributed by atoms with Crippen molar-refractivity contribution in [2.24, 2.45) is 0 Å². The zero-order valence-corrected chi connectivity index (χ0v) is 9.79. The molecule has 0 heterocycles. The Bertz CT molecular complexity index is 393. The van der Waals surface area contributed by atoms with Crippen LogP contribution in [-0.4, -0.2) is 5.78 Å². The van der Waals surface area contributed by atoms with Crippen LogP contribution in [0.15, 0.2) is 30.3 Å². The molecule has 1 aromatic rings. The van der Waals surface area contributed by atoms with E-state index in [1.807, 2.05) is 26.0 Å². The van der Waals surface area contributed by atoms with E-state index in [0.29, 0.717) is 24.8 Å². The number of benzene rings is 1. The predicted octanol–water partition coefficient (Wildman–Crippen LogP) is 3.99. The molecular weight excluding hydrogens is 203 g/mol. The molecule has 0 unspecified atom stereocenters. The van der Waals surface area contributed by atoms with Gasteiger partial charge in [0.05, 0.1) is 0 Å². The number of ketones is 1. The topological polar surface area (TPSA) is 17.1 Å². The second kappa shape index (κ2) is 6.21. The molecule has 1 aromatic carbocycles. The van der Waals surface area contributed by atoms with Gasteiger partial charge >= 0.3 is 0 Å². The lowest BCUT2D eigenvalue weighted by Crippen LogP contribution is -2.03. The molecule has 1 nitrogen and oxygen atoms in total. The second-order valence-corrected chi connectivity index (χ2v) is 3.45. The Morgan fingerprint density at radius 2 is 1.81 bits per heavy atom. The Morgan fingerprint density at radius 1 is 1.12 bits per heavy atom. The van der Waals surface area contributed by atoms with E-state index in [4.69, 9.17) is 0 Å². The van der Waals surface area contributed by atoms with Crippen LogP contribution in [0.5, 0.6) is 0 Å². The maximum absolute atomic E-state index is 13.3. The third kappa shape index (κ3) is 3.02. The maximum atomic E-state index is 13.3. The Morgan fingerprint density at radius 3 is 2.38 bits per heavy atom. The molecule has 0 saturated carbocycles. The summed E-state index contributed by atoms with van der Waals surface area (Å²) in [7, 11) is 0. The number of hydrogen-bond acceptors (Lipinski definition) is 1. The first kappa shape index (κ1) is 12.6. The number of hydrogen-bond donors (Lipinski definition) is 0. The summed E-state index contributed by atoms with van der Waals surface area (Å²) in [5, 5.41) is 0. The predicted molar refractivity (Wildman–Crippen MR) is 64.6 cm³/mol. The normalized spacial score (nSPS) is 14.9. The van der Waals surface area contributed by atoms with Crippen molar-refractivity contribution in [1.29, 1.82) is 0 Å². The summed E-state index contributed by atoms with van der Waals surface area (Å²) in [6.45, 7) is 4.00. The van der Waals surface area contributed by atoms with E-state index in [2.05, 4.69) is 0 Å². The van der Waals surface area contributed by atoms with Gasteiger partial charge in [-0.2, -0.15) is 0 Å². The fourth-order valence-electron chi connectivity index (χ4n) is 1.68. The molecule has 2 heteroatoms. The van der Waals surface area contributed by atoms with Gasteiger partial charge in [-0.25, -0.2) is 4.39 Å². The van der Waals surface area contributed by atoms with Gasteiger partial charge < -0.3 is 0 Å². The Hall–Kier alpha value is -1.44. The minimum atomic E-state index is -0.201. The summed E-state index contributed by atoms with van der Waals surface area (Å²) < 4.78 is 13.3. The molecule has 0 saturated heterocycles. The molecule has 0 fully saturated rings. The van der Waals surface area contributed by atoms with Gasteiger partial charge in [0, 0.05) is 18.4 Å². The summed E-state index contributed by atoms with van der Waals surface area (Å²) in [6, 6.07) is 6.70. The van der Waals surface area contributed by atoms with Crippen molar-refractivity contribution in [1.82, 2.24) is 0 Å². The van der Waals surface area contributed by atoms with E-state index in [9.17, 15) is 9.18 Å². The number of carbonyl (C=O) groups excluding carboxylic acids is 1. The van der Waals surface area contributed by atoms with Crippen molar-refractivity contribution in [3.8, 4) is 0 Å². The standard InChI is InChI=1S/C12H11FO.C2H6/c13-12-4-2-1-3-11(12)9-5-7-10(14)8-6-9;1-2/h1-5H,6-8H2;1-2H3. The summed E-state index contributed by atoms with van der Waals surface area (Å²) in [4.78, 5) is 11.0. The van der Waals surface area contributed by atoms with Gasteiger partial charge in [-0.15, -0.1) is 0 Å².